The molecule has 2 unspecified atom stereocenters. The Morgan fingerprint density at radius 2 is 1.79 bits per heavy atom. The number of Topliss-reactive ketones (excluding diaryl/α,β-unsaturated/α-hetero) is 1. The Labute approximate surface area is 174 Å². The van der Waals surface area contributed by atoms with Crippen molar-refractivity contribution in [1.29, 1.82) is 0 Å². The van der Waals surface area contributed by atoms with Crippen LogP contribution in [0.4, 0.5) is 0 Å². The molecule has 0 heterocycles. The van der Waals surface area contributed by atoms with Crippen LogP contribution < -0.4 is 5.32 Å². The van der Waals surface area contributed by atoms with Gasteiger partial charge in [0.1, 0.15) is 0 Å². The molecular formula is C21H23Cl2NO4. The Kier molecular flexibility index (Phi) is 4.95. The molecular weight excluding hydrogens is 401 g/mol. The van der Waals surface area contributed by atoms with Crippen molar-refractivity contribution in [3.8, 4) is 0 Å². The summed E-state index contributed by atoms with van der Waals surface area (Å²) in [7, 11) is 0. The summed E-state index contributed by atoms with van der Waals surface area (Å²) in [5.74, 6) is 0.163. The molecule has 1 aromatic rings. The van der Waals surface area contributed by atoms with E-state index in [9.17, 15) is 14.4 Å². The number of hydrogen-bond acceptors (Lipinski definition) is 4. The molecule has 1 aromatic carbocycles. The Morgan fingerprint density at radius 3 is 2.39 bits per heavy atom. The number of nitrogens with one attached hydrogen (secondary N) is 1. The molecule has 0 radical (unpaired) electrons. The van der Waals surface area contributed by atoms with Gasteiger partial charge in [0, 0.05) is 18.0 Å². The van der Waals surface area contributed by atoms with Crippen LogP contribution in [0.1, 0.15) is 55.8 Å². The van der Waals surface area contributed by atoms with Gasteiger partial charge in [-0.15, -0.1) is 0 Å². The van der Waals surface area contributed by atoms with Crippen molar-refractivity contribution in [3.63, 3.8) is 0 Å². The minimum Gasteiger partial charge on any atom is -0.457 e. The topological polar surface area (TPSA) is 72.5 Å². The fraction of sp³-hybridized carbons (Fsp3) is 0.571. The highest BCUT2D eigenvalue weighted by atomic mass is 35.5. The molecule has 0 aliphatic heterocycles. The summed E-state index contributed by atoms with van der Waals surface area (Å²) < 4.78 is 5.49. The quantitative estimate of drug-likeness (QED) is 0.568. The van der Waals surface area contributed by atoms with Gasteiger partial charge in [0.2, 0.25) is 5.91 Å². The van der Waals surface area contributed by atoms with Crippen molar-refractivity contribution in [3.05, 3.63) is 33.8 Å². The molecule has 4 aliphatic carbocycles. The van der Waals surface area contributed by atoms with E-state index in [0.717, 1.165) is 32.1 Å². The second kappa shape index (κ2) is 7.03. The van der Waals surface area contributed by atoms with Crippen LogP contribution in [0.15, 0.2) is 18.2 Å². The normalized spacial score (nSPS) is 32.8. The van der Waals surface area contributed by atoms with Crippen molar-refractivity contribution in [1.82, 2.24) is 5.32 Å². The van der Waals surface area contributed by atoms with E-state index in [1.807, 2.05) is 0 Å². The highest BCUT2D eigenvalue weighted by Crippen LogP contribution is 2.62. The van der Waals surface area contributed by atoms with Crippen LogP contribution in [0.25, 0.3) is 0 Å². The molecule has 0 saturated heterocycles. The molecule has 5 nitrogen and oxygen atoms in total. The summed E-state index contributed by atoms with van der Waals surface area (Å²) in [6.07, 6.45) is 5.14. The largest absolute Gasteiger partial charge is 0.457 e. The SMILES string of the molecule is CC(=O)NC12CC3CC(C1)CC(C(=O)OCC(=O)c1ccc(Cl)c(Cl)c1)(C3)C2. The molecule has 0 spiro atoms. The molecule has 5 rings (SSSR count). The van der Waals surface area contributed by atoms with E-state index in [-0.39, 0.29) is 34.8 Å². The predicted octanol–water partition coefficient (Wildman–Crippen LogP) is 4.19. The van der Waals surface area contributed by atoms with Crippen LogP contribution in [0.3, 0.4) is 0 Å². The van der Waals surface area contributed by atoms with E-state index < -0.39 is 5.41 Å². The third-order valence-electron chi connectivity index (χ3n) is 6.51. The van der Waals surface area contributed by atoms with E-state index in [2.05, 4.69) is 5.32 Å². The van der Waals surface area contributed by atoms with Crippen LogP contribution in [0, 0.1) is 17.3 Å². The fourth-order valence-electron chi connectivity index (χ4n) is 6.06. The summed E-state index contributed by atoms with van der Waals surface area (Å²) >= 11 is 11.8. The van der Waals surface area contributed by atoms with Gasteiger partial charge < -0.3 is 10.1 Å². The number of benzene rings is 1. The molecule has 4 saturated carbocycles. The zero-order chi connectivity index (χ0) is 20.1. The standard InChI is InChI=1S/C21H23Cl2NO4/c1-12(25)24-21-8-13-4-14(9-21)7-20(6-13,11-21)19(27)28-10-18(26)15-2-3-16(22)17(23)5-15/h2-3,5,13-14H,4,6-11H2,1H3,(H,24,25). The van der Waals surface area contributed by atoms with E-state index in [4.69, 9.17) is 27.9 Å². The smallest absolute Gasteiger partial charge is 0.312 e. The number of ketones is 1. The predicted molar refractivity (Wildman–Crippen MR) is 105 cm³/mol. The van der Waals surface area contributed by atoms with Crippen LogP contribution in [-0.4, -0.2) is 29.8 Å². The van der Waals surface area contributed by atoms with E-state index >= 15 is 0 Å². The minimum absolute atomic E-state index is 0.0553. The molecule has 1 amide bonds. The maximum absolute atomic E-state index is 13.0. The lowest BCUT2D eigenvalue weighted by molar-refractivity contribution is -0.174. The van der Waals surface area contributed by atoms with Crippen LogP contribution in [0.2, 0.25) is 10.0 Å². The lowest BCUT2D eigenvalue weighted by atomic mass is 9.47. The van der Waals surface area contributed by atoms with Gasteiger partial charge in [-0.1, -0.05) is 23.2 Å². The molecule has 1 N–H and O–H groups in total. The fourth-order valence-corrected chi connectivity index (χ4v) is 6.36. The van der Waals surface area contributed by atoms with Gasteiger partial charge in [-0.3, -0.25) is 14.4 Å². The number of carbonyl (C=O) groups excluding carboxylic acids is 3. The first kappa shape index (κ1) is 19.7. The third kappa shape index (κ3) is 3.55. The number of esters is 1. The molecule has 28 heavy (non-hydrogen) atoms. The number of halogens is 2. The lowest BCUT2D eigenvalue weighted by Gasteiger charge is -2.60. The molecule has 7 heteroatoms. The highest BCUT2D eigenvalue weighted by molar-refractivity contribution is 6.42. The van der Waals surface area contributed by atoms with E-state index in [1.165, 1.54) is 13.0 Å². The van der Waals surface area contributed by atoms with Gasteiger partial charge in [-0.25, -0.2) is 0 Å². The van der Waals surface area contributed by atoms with Crippen molar-refractivity contribution >= 4 is 40.9 Å². The average molecular weight is 424 g/mol. The summed E-state index contributed by atoms with van der Waals surface area (Å²) in [6, 6.07) is 4.60. The van der Waals surface area contributed by atoms with Gasteiger partial charge in [-0.2, -0.15) is 0 Å². The molecule has 2 atom stereocenters. The first-order valence-corrected chi connectivity index (χ1v) is 10.4. The first-order chi connectivity index (χ1) is 13.2. The van der Waals surface area contributed by atoms with Gasteiger partial charge >= 0.3 is 5.97 Å². The number of rotatable bonds is 5. The van der Waals surface area contributed by atoms with Crippen LogP contribution >= 0.6 is 23.2 Å². The maximum Gasteiger partial charge on any atom is 0.312 e. The second-order valence-electron chi connectivity index (χ2n) is 8.83. The van der Waals surface area contributed by atoms with Crippen LogP contribution in [0.5, 0.6) is 0 Å². The molecule has 0 aromatic heterocycles. The number of carbonyl (C=O) groups is 3. The van der Waals surface area contributed by atoms with Gasteiger partial charge in [0.05, 0.1) is 15.5 Å². The van der Waals surface area contributed by atoms with Gasteiger partial charge in [-0.05, 0) is 68.6 Å². The molecule has 150 valence electrons. The van der Waals surface area contributed by atoms with E-state index in [0.29, 0.717) is 28.8 Å². The van der Waals surface area contributed by atoms with Gasteiger partial charge in [0.15, 0.2) is 12.4 Å². The van der Waals surface area contributed by atoms with Crippen molar-refractivity contribution in [2.45, 2.75) is 51.0 Å². The highest BCUT2D eigenvalue weighted by Gasteiger charge is 2.61. The summed E-state index contributed by atoms with van der Waals surface area (Å²) in [5.41, 5.74) is -0.532. The monoisotopic (exact) mass is 423 g/mol. The molecule has 4 aliphatic rings. The summed E-state index contributed by atoms with van der Waals surface area (Å²) in [5, 5.41) is 3.79. The molecule has 4 fully saturated rings. The minimum atomic E-state index is -0.593. The summed E-state index contributed by atoms with van der Waals surface area (Å²) in [4.78, 5) is 37.2. The second-order valence-corrected chi connectivity index (χ2v) is 9.65. The first-order valence-electron chi connectivity index (χ1n) is 9.65. The maximum atomic E-state index is 13.0. The van der Waals surface area contributed by atoms with Crippen molar-refractivity contribution in [2.75, 3.05) is 6.61 Å². The zero-order valence-corrected chi connectivity index (χ0v) is 17.2. The number of amides is 1. The van der Waals surface area contributed by atoms with Crippen molar-refractivity contribution < 1.29 is 19.1 Å². The Morgan fingerprint density at radius 1 is 1.11 bits per heavy atom. The van der Waals surface area contributed by atoms with E-state index in [1.54, 1.807) is 12.1 Å². The Balaban J connectivity index is 1.46. The number of hydrogen-bond donors (Lipinski definition) is 1. The zero-order valence-electron chi connectivity index (χ0n) is 15.7. The van der Waals surface area contributed by atoms with Gasteiger partial charge in [0.25, 0.3) is 0 Å². The lowest BCUT2D eigenvalue weighted by Crippen LogP contribution is -2.64. The Bertz CT molecular complexity index is 839. The summed E-state index contributed by atoms with van der Waals surface area (Å²) in [6.45, 7) is 1.21. The van der Waals surface area contributed by atoms with Crippen molar-refractivity contribution in [2.24, 2.45) is 17.3 Å². The molecule has 4 bridgehead atoms. The number of ether oxygens (including phenoxy) is 1. The average Bonchev–Trinajstić information content (AvgIpc) is 2.59. The van der Waals surface area contributed by atoms with Crippen LogP contribution in [-0.2, 0) is 14.3 Å². The Hall–Kier alpha value is -1.59. The third-order valence-corrected chi connectivity index (χ3v) is 7.25.